The summed E-state index contributed by atoms with van der Waals surface area (Å²) >= 11 is 4.33. The highest BCUT2D eigenvalue weighted by atomic mass is 79.9. The molecule has 0 radical (unpaired) electrons. The van der Waals surface area contributed by atoms with Crippen LogP contribution >= 0.6 is 27.7 Å². The van der Waals surface area contributed by atoms with Crippen LogP contribution in [0.4, 0.5) is 4.79 Å². The van der Waals surface area contributed by atoms with E-state index in [0.717, 1.165) is 43.0 Å². The van der Waals surface area contributed by atoms with E-state index in [0.29, 0.717) is 12.4 Å². The normalized spacial score (nSPS) is 14.9. The smallest absolute Gasteiger partial charge is 0.326 e. The maximum Gasteiger partial charge on any atom is 0.326 e. The van der Waals surface area contributed by atoms with Gasteiger partial charge in [0.2, 0.25) is 0 Å². The van der Waals surface area contributed by atoms with Gasteiger partial charge in [0, 0.05) is 0 Å². The molecule has 34 heavy (non-hydrogen) atoms. The quantitative estimate of drug-likeness (QED) is 0.264. The Morgan fingerprint density at radius 3 is 2.62 bits per heavy atom. The van der Waals surface area contributed by atoms with Gasteiger partial charge in [-0.1, -0.05) is 48.5 Å². The molecule has 4 rings (SSSR count). The Bertz CT molecular complexity index is 1300. The molecule has 8 heteroatoms. The third kappa shape index (κ3) is 5.51. The molecule has 0 aromatic heterocycles. The maximum absolute atomic E-state index is 12.6. The zero-order valence-corrected chi connectivity index (χ0v) is 21.0. The average Bonchev–Trinajstić information content (AvgIpc) is 3.05. The molecule has 0 spiro atoms. The number of nitrogens with zero attached hydrogens (tertiary/aromatic N) is 1. The lowest BCUT2D eigenvalue weighted by molar-refractivity contribution is -0.149. The minimum atomic E-state index is -0.617. The van der Waals surface area contributed by atoms with E-state index in [4.69, 9.17) is 9.47 Å². The van der Waals surface area contributed by atoms with Crippen LogP contribution in [0, 0.1) is 0 Å². The van der Waals surface area contributed by atoms with Gasteiger partial charge < -0.3 is 9.47 Å². The van der Waals surface area contributed by atoms with Crippen molar-refractivity contribution in [2.75, 3.05) is 6.54 Å². The van der Waals surface area contributed by atoms with Crippen LogP contribution in [0.1, 0.15) is 25.0 Å². The van der Waals surface area contributed by atoms with E-state index in [1.54, 1.807) is 19.9 Å². The molecule has 3 aromatic carbocycles. The van der Waals surface area contributed by atoms with Crippen LogP contribution < -0.4 is 4.74 Å². The summed E-state index contributed by atoms with van der Waals surface area (Å²) in [5, 5.41) is 1.81. The van der Waals surface area contributed by atoms with Crippen LogP contribution in [0.3, 0.4) is 0 Å². The molecule has 1 heterocycles. The van der Waals surface area contributed by atoms with Crippen LogP contribution in [-0.4, -0.2) is 34.7 Å². The van der Waals surface area contributed by atoms with Crippen molar-refractivity contribution >= 4 is 61.7 Å². The van der Waals surface area contributed by atoms with Crippen molar-refractivity contribution in [1.29, 1.82) is 0 Å². The molecule has 1 aliphatic heterocycles. The summed E-state index contributed by atoms with van der Waals surface area (Å²) in [7, 11) is 0. The highest BCUT2D eigenvalue weighted by Crippen LogP contribution is 2.34. The molecule has 0 unspecified atom stereocenters. The second-order valence-corrected chi connectivity index (χ2v) is 9.77. The van der Waals surface area contributed by atoms with E-state index in [2.05, 4.69) is 34.1 Å². The van der Waals surface area contributed by atoms with Crippen molar-refractivity contribution in [3.63, 3.8) is 0 Å². The number of hydrogen-bond donors (Lipinski definition) is 0. The molecule has 2 amide bonds. The number of thioether (sulfide) groups is 1. The number of carbonyl (C=O) groups excluding carboxylic acids is 3. The summed E-state index contributed by atoms with van der Waals surface area (Å²) in [4.78, 5) is 37.9. The van der Waals surface area contributed by atoms with E-state index < -0.39 is 23.7 Å². The Hall–Kier alpha value is -3.10. The molecule has 0 aliphatic carbocycles. The van der Waals surface area contributed by atoms with Gasteiger partial charge in [-0.2, -0.15) is 0 Å². The van der Waals surface area contributed by atoms with Crippen molar-refractivity contribution < 1.29 is 23.9 Å². The van der Waals surface area contributed by atoms with Gasteiger partial charge in [-0.15, -0.1) is 0 Å². The number of hydrogen-bond acceptors (Lipinski definition) is 6. The zero-order chi connectivity index (χ0) is 24.2. The van der Waals surface area contributed by atoms with Gasteiger partial charge in [0.1, 0.15) is 18.9 Å². The lowest BCUT2D eigenvalue weighted by Gasteiger charge is -2.13. The van der Waals surface area contributed by atoms with Crippen LogP contribution in [0.2, 0.25) is 0 Å². The second-order valence-electron chi connectivity index (χ2n) is 7.92. The molecule has 0 atom stereocenters. The monoisotopic (exact) mass is 539 g/mol. The van der Waals surface area contributed by atoms with Crippen LogP contribution in [0.5, 0.6) is 5.75 Å². The van der Waals surface area contributed by atoms with E-state index in [-0.39, 0.29) is 11.0 Å². The van der Waals surface area contributed by atoms with Gasteiger partial charge in [0.25, 0.3) is 11.1 Å². The summed E-state index contributed by atoms with van der Waals surface area (Å²) in [6.07, 6.45) is 1.31. The summed E-state index contributed by atoms with van der Waals surface area (Å²) in [5.74, 6) is -0.466. The maximum atomic E-state index is 12.6. The first-order valence-electron chi connectivity index (χ1n) is 10.7. The number of fused-ring (bicyclic) bond motifs is 1. The van der Waals surface area contributed by atoms with E-state index in [1.165, 1.54) is 0 Å². The molecule has 174 valence electrons. The van der Waals surface area contributed by atoms with Crippen molar-refractivity contribution in [3.05, 3.63) is 81.2 Å². The molecule has 1 fully saturated rings. The van der Waals surface area contributed by atoms with Crippen LogP contribution in [0.15, 0.2) is 70.0 Å². The SMILES string of the molecule is CC(C)OC(=O)CN1C(=O)S/C(=C/c2ccc(OCc3cccc4ccccc34)c(Br)c2)C1=O. The number of halogens is 1. The van der Waals surface area contributed by atoms with Crippen molar-refractivity contribution in [2.24, 2.45) is 0 Å². The van der Waals surface area contributed by atoms with Gasteiger partial charge in [0.05, 0.1) is 15.5 Å². The first-order valence-corrected chi connectivity index (χ1v) is 12.3. The average molecular weight is 540 g/mol. The van der Waals surface area contributed by atoms with Gasteiger partial charge >= 0.3 is 5.97 Å². The molecular weight excluding hydrogens is 518 g/mol. The summed E-state index contributed by atoms with van der Waals surface area (Å²) in [6, 6.07) is 19.7. The molecule has 0 N–H and O–H groups in total. The molecule has 3 aromatic rings. The van der Waals surface area contributed by atoms with Crippen molar-refractivity contribution in [3.8, 4) is 5.75 Å². The number of rotatable bonds is 7. The topological polar surface area (TPSA) is 72.9 Å². The molecular formula is C26H22BrNO5S. The summed E-state index contributed by atoms with van der Waals surface area (Å²) in [6.45, 7) is 3.42. The van der Waals surface area contributed by atoms with Crippen molar-refractivity contribution in [2.45, 2.75) is 26.6 Å². The molecule has 0 saturated carbocycles. The van der Waals surface area contributed by atoms with Gasteiger partial charge in [0.15, 0.2) is 0 Å². The van der Waals surface area contributed by atoms with E-state index in [1.807, 2.05) is 42.5 Å². The fraction of sp³-hybridized carbons (Fsp3) is 0.192. The van der Waals surface area contributed by atoms with E-state index >= 15 is 0 Å². The first kappa shape index (κ1) is 24.0. The predicted octanol–water partition coefficient (Wildman–Crippen LogP) is 6.17. The Morgan fingerprint density at radius 1 is 1.09 bits per heavy atom. The largest absolute Gasteiger partial charge is 0.488 e. The molecule has 1 saturated heterocycles. The predicted molar refractivity (Wildman–Crippen MR) is 136 cm³/mol. The lowest BCUT2D eigenvalue weighted by atomic mass is 10.1. The Labute approximate surface area is 210 Å². The highest BCUT2D eigenvalue weighted by molar-refractivity contribution is 9.10. The zero-order valence-electron chi connectivity index (χ0n) is 18.6. The van der Waals surface area contributed by atoms with Gasteiger partial charge in [-0.25, -0.2) is 0 Å². The third-order valence-corrected chi connectivity index (χ3v) is 6.57. The number of ether oxygens (including phenoxy) is 2. The fourth-order valence-corrected chi connectivity index (χ4v) is 4.86. The standard InChI is InChI=1S/C26H22BrNO5S/c1-16(2)33-24(29)14-28-25(30)23(34-26(28)31)13-17-10-11-22(21(27)12-17)32-15-19-8-5-7-18-6-3-4-9-20(18)19/h3-13,16H,14-15H2,1-2H3/b23-13+. The fourth-order valence-electron chi connectivity index (χ4n) is 3.51. The Kier molecular flexibility index (Phi) is 7.38. The Morgan fingerprint density at radius 2 is 1.85 bits per heavy atom. The number of benzene rings is 3. The lowest BCUT2D eigenvalue weighted by Crippen LogP contribution is -2.35. The Balaban J connectivity index is 1.45. The number of amides is 2. The second kappa shape index (κ2) is 10.4. The number of imide groups is 1. The highest BCUT2D eigenvalue weighted by Gasteiger charge is 2.36. The minimum absolute atomic E-state index is 0.249. The first-order chi connectivity index (χ1) is 16.3. The minimum Gasteiger partial charge on any atom is -0.488 e. The van der Waals surface area contributed by atoms with Crippen LogP contribution in [0.25, 0.3) is 16.8 Å². The molecule has 6 nitrogen and oxygen atoms in total. The van der Waals surface area contributed by atoms with Gasteiger partial charge in [-0.3, -0.25) is 19.3 Å². The molecule has 0 bridgehead atoms. The molecule has 1 aliphatic rings. The van der Waals surface area contributed by atoms with Crippen molar-refractivity contribution in [1.82, 2.24) is 4.90 Å². The van der Waals surface area contributed by atoms with E-state index in [9.17, 15) is 14.4 Å². The number of carbonyl (C=O) groups is 3. The summed E-state index contributed by atoms with van der Waals surface area (Å²) < 4.78 is 11.8. The van der Waals surface area contributed by atoms with Gasteiger partial charge in [-0.05, 0) is 81.6 Å². The number of esters is 1. The third-order valence-electron chi connectivity index (χ3n) is 5.04. The summed E-state index contributed by atoms with van der Waals surface area (Å²) in [5.41, 5.74) is 1.80. The van der Waals surface area contributed by atoms with Crippen LogP contribution in [-0.2, 0) is 20.9 Å².